The summed E-state index contributed by atoms with van der Waals surface area (Å²) in [5.41, 5.74) is 0.643. The molecule has 0 radical (unpaired) electrons. The van der Waals surface area contributed by atoms with Crippen LogP contribution in [0.1, 0.15) is 37.0 Å². The second-order valence-electron chi connectivity index (χ2n) is 7.25. The van der Waals surface area contributed by atoms with Crippen LogP contribution in [0, 0.1) is 0 Å². The molecule has 0 spiro atoms. The van der Waals surface area contributed by atoms with Gasteiger partial charge in [0.05, 0.1) is 6.61 Å². The Labute approximate surface area is 182 Å². The van der Waals surface area contributed by atoms with Crippen LogP contribution in [-0.4, -0.2) is 48.6 Å². The molecule has 2 amide bonds. The Morgan fingerprint density at radius 2 is 1.83 bits per heavy atom. The molecule has 6 nitrogen and oxygen atoms in total. The molecule has 0 aliphatic carbocycles. The Hall–Kier alpha value is -2.73. The van der Waals surface area contributed by atoms with Crippen molar-refractivity contribution in [3.8, 4) is 11.5 Å². The molecular weight excluding hydrogens is 404 g/mol. The smallest absolute Gasteiger partial charge is 0.260 e. The SMILES string of the molecule is CCOc1ccc(C(=O)N2CCC(NC(=O)C(C)Oc3cccc(Cl)c3)CC2)cc1. The molecule has 1 aliphatic heterocycles. The predicted octanol–water partition coefficient (Wildman–Crippen LogP) is 3.93. The number of ether oxygens (including phenoxy) is 2. The summed E-state index contributed by atoms with van der Waals surface area (Å²) in [6, 6.07) is 14.2. The zero-order valence-electron chi connectivity index (χ0n) is 17.3. The number of nitrogens with zero attached hydrogens (tertiary/aromatic N) is 1. The van der Waals surface area contributed by atoms with Gasteiger partial charge in [0.2, 0.25) is 0 Å². The van der Waals surface area contributed by atoms with Crippen LogP contribution < -0.4 is 14.8 Å². The van der Waals surface area contributed by atoms with Crippen LogP contribution in [0.15, 0.2) is 48.5 Å². The van der Waals surface area contributed by atoms with E-state index in [9.17, 15) is 9.59 Å². The van der Waals surface area contributed by atoms with Gasteiger partial charge < -0.3 is 19.7 Å². The molecule has 0 saturated carbocycles. The minimum Gasteiger partial charge on any atom is -0.494 e. The normalized spacial score (nSPS) is 15.4. The van der Waals surface area contributed by atoms with E-state index >= 15 is 0 Å². The average Bonchev–Trinajstić information content (AvgIpc) is 2.74. The number of likely N-dealkylation sites (tertiary alicyclic amines) is 1. The third-order valence-corrected chi connectivity index (χ3v) is 5.25. The molecule has 160 valence electrons. The number of carbonyl (C=O) groups is 2. The molecule has 1 aliphatic rings. The lowest BCUT2D eigenvalue weighted by atomic mass is 10.0. The van der Waals surface area contributed by atoms with E-state index in [1.165, 1.54) is 0 Å². The van der Waals surface area contributed by atoms with Gasteiger partial charge in [-0.05, 0) is 69.2 Å². The number of benzene rings is 2. The van der Waals surface area contributed by atoms with Crippen LogP contribution in [0.2, 0.25) is 5.02 Å². The topological polar surface area (TPSA) is 67.9 Å². The number of piperidine rings is 1. The maximum atomic E-state index is 12.7. The maximum absolute atomic E-state index is 12.7. The monoisotopic (exact) mass is 430 g/mol. The molecule has 3 rings (SSSR count). The fourth-order valence-corrected chi connectivity index (χ4v) is 3.57. The maximum Gasteiger partial charge on any atom is 0.260 e. The van der Waals surface area contributed by atoms with Gasteiger partial charge in [0, 0.05) is 29.7 Å². The number of hydrogen-bond acceptors (Lipinski definition) is 4. The lowest BCUT2D eigenvalue weighted by Gasteiger charge is -2.33. The zero-order chi connectivity index (χ0) is 21.5. The first-order valence-corrected chi connectivity index (χ1v) is 10.6. The Kier molecular flexibility index (Phi) is 7.57. The highest BCUT2D eigenvalue weighted by Crippen LogP contribution is 2.19. The van der Waals surface area contributed by atoms with E-state index in [1.807, 2.05) is 24.0 Å². The third-order valence-electron chi connectivity index (χ3n) is 5.02. The lowest BCUT2D eigenvalue weighted by molar-refractivity contribution is -0.128. The number of halogens is 1. The molecule has 1 fully saturated rings. The fraction of sp³-hybridized carbons (Fsp3) is 0.391. The van der Waals surface area contributed by atoms with Crippen molar-refractivity contribution in [3.05, 3.63) is 59.1 Å². The van der Waals surface area contributed by atoms with Crippen LogP contribution in [0.3, 0.4) is 0 Å². The van der Waals surface area contributed by atoms with Crippen molar-refractivity contribution in [2.45, 2.75) is 38.8 Å². The largest absolute Gasteiger partial charge is 0.494 e. The second-order valence-corrected chi connectivity index (χ2v) is 7.69. The first-order chi connectivity index (χ1) is 14.5. The van der Waals surface area contributed by atoms with E-state index in [4.69, 9.17) is 21.1 Å². The average molecular weight is 431 g/mol. The van der Waals surface area contributed by atoms with Crippen molar-refractivity contribution in [2.24, 2.45) is 0 Å². The fourth-order valence-electron chi connectivity index (χ4n) is 3.39. The lowest BCUT2D eigenvalue weighted by Crippen LogP contribution is -2.49. The van der Waals surface area contributed by atoms with Gasteiger partial charge in [-0.15, -0.1) is 0 Å². The highest BCUT2D eigenvalue weighted by Gasteiger charge is 2.26. The molecular formula is C23H27ClN2O4. The first-order valence-electron chi connectivity index (χ1n) is 10.2. The predicted molar refractivity (Wildman–Crippen MR) is 116 cm³/mol. The minimum absolute atomic E-state index is 0.000447. The molecule has 2 aromatic carbocycles. The van der Waals surface area contributed by atoms with Crippen LogP contribution in [0.4, 0.5) is 0 Å². The number of hydrogen-bond donors (Lipinski definition) is 1. The summed E-state index contributed by atoms with van der Waals surface area (Å²) in [5, 5.41) is 3.58. The Morgan fingerprint density at radius 3 is 2.47 bits per heavy atom. The van der Waals surface area contributed by atoms with Gasteiger partial charge in [-0.1, -0.05) is 17.7 Å². The molecule has 2 aromatic rings. The van der Waals surface area contributed by atoms with Gasteiger partial charge >= 0.3 is 0 Å². The van der Waals surface area contributed by atoms with E-state index < -0.39 is 6.10 Å². The van der Waals surface area contributed by atoms with Crippen LogP contribution >= 0.6 is 11.6 Å². The molecule has 1 unspecified atom stereocenters. The number of amides is 2. The summed E-state index contributed by atoms with van der Waals surface area (Å²) < 4.78 is 11.1. The van der Waals surface area contributed by atoms with Crippen molar-refractivity contribution in [1.82, 2.24) is 10.2 Å². The molecule has 1 N–H and O–H groups in total. The van der Waals surface area contributed by atoms with Gasteiger partial charge in [0.15, 0.2) is 6.10 Å². The molecule has 7 heteroatoms. The summed E-state index contributed by atoms with van der Waals surface area (Å²) in [5.74, 6) is 1.14. The summed E-state index contributed by atoms with van der Waals surface area (Å²) >= 11 is 5.95. The quantitative estimate of drug-likeness (QED) is 0.722. The second kappa shape index (κ2) is 10.3. The van der Waals surface area contributed by atoms with E-state index in [2.05, 4.69) is 5.32 Å². The van der Waals surface area contributed by atoms with Gasteiger partial charge in [-0.2, -0.15) is 0 Å². The number of carbonyl (C=O) groups excluding carboxylic acids is 2. The molecule has 1 atom stereocenters. The van der Waals surface area contributed by atoms with E-state index in [0.717, 1.165) is 5.75 Å². The van der Waals surface area contributed by atoms with Crippen LogP contribution in [0.5, 0.6) is 11.5 Å². The standard InChI is InChI=1S/C23H27ClN2O4/c1-3-29-20-9-7-17(8-10-20)23(28)26-13-11-19(12-14-26)25-22(27)16(2)30-21-6-4-5-18(24)15-21/h4-10,15-16,19H,3,11-14H2,1-2H3,(H,25,27). The number of nitrogens with one attached hydrogen (secondary N) is 1. The zero-order valence-corrected chi connectivity index (χ0v) is 18.0. The molecule has 0 bridgehead atoms. The van der Waals surface area contributed by atoms with Crippen molar-refractivity contribution < 1.29 is 19.1 Å². The van der Waals surface area contributed by atoms with Crippen LogP contribution in [0.25, 0.3) is 0 Å². The molecule has 0 aromatic heterocycles. The summed E-state index contributed by atoms with van der Waals surface area (Å²) in [6.07, 6.45) is 0.781. The Bertz CT molecular complexity index is 864. The van der Waals surface area contributed by atoms with Gasteiger partial charge in [0.25, 0.3) is 11.8 Å². The Balaban J connectivity index is 1.46. The van der Waals surface area contributed by atoms with Crippen LogP contribution in [-0.2, 0) is 4.79 Å². The highest BCUT2D eigenvalue weighted by molar-refractivity contribution is 6.30. The summed E-state index contributed by atoms with van der Waals surface area (Å²) in [6.45, 7) is 5.42. The van der Waals surface area contributed by atoms with Gasteiger partial charge in [0.1, 0.15) is 11.5 Å². The third kappa shape index (κ3) is 5.89. The van der Waals surface area contributed by atoms with Crippen molar-refractivity contribution >= 4 is 23.4 Å². The molecule has 1 saturated heterocycles. The minimum atomic E-state index is -0.632. The first kappa shape index (κ1) is 22.0. The van der Waals surface area contributed by atoms with Gasteiger partial charge in [-0.25, -0.2) is 0 Å². The molecule has 30 heavy (non-hydrogen) atoms. The van der Waals surface area contributed by atoms with Crippen molar-refractivity contribution in [3.63, 3.8) is 0 Å². The highest BCUT2D eigenvalue weighted by atomic mass is 35.5. The van der Waals surface area contributed by atoms with E-state index in [0.29, 0.717) is 48.9 Å². The summed E-state index contributed by atoms with van der Waals surface area (Å²) in [4.78, 5) is 27.0. The Morgan fingerprint density at radius 1 is 1.13 bits per heavy atom. The van der Waals surface area contributed by atoms with Crippen molar-refractivity contribution in [2.75, 3.05) is 19.7 Å². The van der Waals surface area contributed by atoms with Crippen molar-refractivity contribution in [1.29, 1.82) is 0 Å². The molecule has 1 heterocycles. The summed E-state index contributed by atoms with van der Waals surface area (Å²) in [7, 11) is 0. The number of rotatable bonds is 7. The van der Waals surface area contributed by atoms with E-state index in [-0.39, 0.29) is 17.9 Å². The van der Waals surface area contributed by atoms with Gasteiger partial charge in [-0.3, -0.25) is 9.59 Å². The van der Waals surface area contributed by atoms with E-state index in [1.54, 1.807) is 43.3 Å².